The van der Waals surface area contributed by atoms with Gasteiger partial charge < -0.3 is 14.9 Å². The lowest BCUT2D eigenvalue weighted by Crippen LogP contribution is -2.32. The number of benzene rings is 1. The number of nitro benzene ring substituents is 1. The quantitative estimate of drug-likeness (QED) is 0.574. The van der Waals surface area contributed by atoms with E-state index in [9.17, 15) is 15.2 Å². The van der Waals surface area contributed by atoms with Gasteiger partial charge in [-0.25, -0.2) is 0 Å². The minimum atomic E-state index is -0.808. The Balaban J connectivity index is 2.11. The van der Waals surface area contributed by atoms with Crippen molar-refractivity contribution in [3.63, 3.8) is 0 Å². The highest BCUT2D eigenvalue weighted by molar-refractivity contribution is 5.81. The van der Waals surface area contributed by atoms with Crippen LogP contribution in [0.4, 0.5) is 5.69 Å². The summed E-state index contributed by atoms with van der Waals surface area (Å²) in [6.45, 7) is 0.159. The van der Waals surface area contributed by atoms with Crippen molar-refractivity contribution in [1.29, 1.82) is 0 Å². The number of aliphatic hydroxyl groups is 2. The maximum absolute atomic E-state index is 10.7. The number of non-ortho nitro benzene ring substituents is 1. The highest BCUT2D eigenvalue weighted by Gasteiger charge is 2.18. The van der Waals surface area contributed by atoms with Crippen LogP contribution in [0.25, 0.3) is 10.9 Å². The Bertz CT molecular complexity index is 623. The number of methoxy groups -OCH3 is 1. The molecule has 8 nitrogen and oxygen atoms in total. The summed E-state index contributed by atoms with van der Waals surface area (Å²) in [6.07, 6.45) is 0.465. The van der Waals surface area contributed by atoms with Gasteiger partial charge in [0.1, 0.15) is 6.10 Å². The Morgan fingerprint density at radius 2 is 2.29 bits per heavy atom. The van der Waals surface area contributed by atoms with Gasteiger partial charge >= 0.3 is 0 Å². The van der Waals surface area contributed by atoms with Crippen molar-refractivity contribution in [3.05, 3.63) is 34.5 Å². The molecule has 0 fully saturated rings. The summed E-state index contributed by atoms with van der Waals surface area (Å²) in [5, 5.41) is 34.5. The Kier molecular flexibility index (Phi) is 4.84. The van der Waals surface area contributed by atoms with E-state index in [0.29, 0.717) is 18.4 Å². The van der Waals surface area contributed by atoms with E-state index in [2.05, 4.69) is 5.10 Å². The largest absolute Gasteiger partial charge is 0.394 e. The molecule has 2 rings (SSSR count). The number of aliphatic hydroxyl groups excluding tert-OH is 2. The molecule has 0 bridgehead atoms. The Morgan fingerprint density at radius 1 is 1.52 bits per heavy atom. The average Bonchev–Trinajstić information content (AvgIpc) is 2.88. The number of hydrogen-bond acceptors (Lipinski definition) is 6. The van der Waals surface area contributed by atoms with Gasteiger partial charge in [0.2, 0.25) is 0 Å². The van der Waals surface area contributed by atoms with E-state index >= 15 is 0 Å². The molecule has 0 radical (unpaired) electrons. The predicted octanol–water partition coefficient (Wildman–Crippen LogP) is 0.703. The number of aryl methyl sites for hydroxylation is 1. The first kappa shape index (κ1) is 15.4. The molecule has 0 amide bonds. The molecule has 2 aromatic rings. The van der Waals surface area contributed by atoms with Gasteiger partial charge in [0, 0.05) is 31.2 Å². The maximum Gasteiger partial charge on any atom is 0.270 e. The van der Waals surface area contributed by atoms with Crippen molar-refractivity contribution < 1.29 is 19.9 Å². The normalized spacial score (nSPS) is 14.2. The second-order valence-electron chi connectivity index (χ2n) is 4.68. The summed E-state index contributed by atoms with van der Waals surface area (Å²) in [7, 11) is 1.42. The second kappa shape index (κ2) is 6.61. The molecule has 0 spiro atoms. The zero-order chi connectivity index (χ0) is 15.4. The zero-order valence-electron chi connectivity index (χ0n) is 11.5. The van der Waals surface area contributed by atoms with Crippen molar-refractivity contribution in [2.45, 2.75) is 25.2 Å². The minimum absolute atomic E-state index is 0.0156. The zero-order valence-corrected chi connectivity index (χ0v) is 11.5. The van der Waals surface area contributed by atoms with Gasteiger partial charge in [-0.3, -0.25) is 14.8 Å². The molecule has 2 atom stereocenters. The van der Waals surface area contributed by atoms with Gasteiger partial charge in [-0.2, -0.15) is 5.10 Å². The second-order valence-corrected chi connectivity index (χ2v) is 4.68. The molecular formula is C13H17N3O5. The summed E-state index contributed by atoms with van der Waals surface area (Å²) >= 11 is 0. The molecule has 0 aliphatic heterocycles. The van der Waals surface area contributed by atoms with Crippen LogP contribution in [0.2, 0.25) is 0 Å². The van der Waals surface area contributed by atoms with Crippen molar-refractivity contribution in [1.82, 2.24) is 9.78 Å². The van der Waals surface area contributed by atoms with Crippen molar-refractivity contribution in [2.75, 3.05) is 13.7 Å². The first-order valence-electron chi connectivity index (χ1n) is 6.48. The minimum Gasteiger partial charge on any atom is -0.394 e. The Hall–Kier alpha value is -2.03. The van der Waals surface area contributed by atoms with Crippen molar-refractivity contribution in [2.24, 2.45) is 0 Å². The summed E-state index contributed by atoms with van der Waals surface area (Å²) in [5.74, 6) is 0. The number of ether oxygens (including phenoxy) is 1. The third kappa shape index (κ3) is 3.35. The van der Waals surface area contributed by atoms with E-state index in [4.69, 9.17) is 9.84 Å². The number of aromatic nitrogens is 2. The van der Waals surface area contributed by atoms with E-state index in [1.165, 1.54) is 19.2 Å². The van der Waals surface area contributed by atoms with Crippen LogP contribution in [0.3, 0.4) is 0 Å². The van der Waals surface area contributed by atoms with Gasteiger partial charge in [0.15, 0.2) is 0 Å². The molecular weight excluding hydrogens is 278 g/mol. The van der Waals surface area contributed by atoms with E-state index < -0.39 is 17.1 Å². The standard InChI is InChI=1S/C13H17N3O5/c1-21-13(8-17)12(18)4-5-15-11-3-2-10(16(19)20)6-9(11)7-14-15/h2-3,6-7,12-13,17-18H,4-5,8H2,1H3/t12?,13-/m1/s1. The number of nitro groups is 1. The first-order chi connectivity index (χ1) is 10.1. The number of rotatable bonds is 7. The topological polar surface area (TPSA) is 111 Å². The monoisotopic (exact) mass is 295 g/mol. The van der Waals surface area contributed by atoms with E-state index in [0.717, 1.165) is 5.52 Å². The van der Waals surface area contributed by atoms with Crippen LogP contribution in [0.5, 0.6) is 0 Å². The fourth-order valence-corrected chi connectivity index (χ4v) is 2.16. The molecule has 0 aliphatic rings. The first-order valence-corrected chi connectivity index (χ1v) is 6.48. The summed E-state index contributed by atoms with van der Waals surface area (Å²) < 4.78 is 6.62. The lowest BCUT2D eigenvalue weighted by atomic mass is 10.1. The van der Waals surface area contributed by atoms with Gasteiger partial charge in [-0.1, -0.05) is 0 Å². The molecule has 1 aromatic heterocycles. The van der Waals surface area contributed by atoms with Crippen molar-refractivity contribution >= 4 is 16.6 Å². The van der Waals surface area contributed by atoms with Gasteiger partial charge in [-0.15, -0.1) is 0 Å². The van der Waals surface area contributed by atoms with E-state index in [1.54, 1.807) is 16.9 Å². The molecule has 0 saturated carbocycles. The maximum atomic E-state index is 10.7. The molecule has 21 heavy (non-hydrogen) atoms. The summed E-state index contributed by atoms with van der Waals surface area (Å²) in [4.78, 5) is 10.3. The van der Waals surface area contributed by atoms with E-state index in [-0.39, 0.29) is 12.3 Å². The van der Waals surface area contributed by atoms with Crippen LogP contribution < -0.4 is 0 Å². The Labute approximate surface area is 120 Å². The predicted molar refractivity (Wildman–Crippen MR) is 74.9 cm³/mol. The Morgan fingerprint density at radius 3 is 2.90 bits per heavy atom. The number of hydrogen-bond donors (Lipinski definition) is 2. The van der Waals surface area contributed by atoms with Crippen LogP contribution in [0.15, 0.2) is 24.4 Å². The summed E-state index contributed by atoms with van der Waals surface area (Å²) in [5.41, 5.74) is 0.771. The number of nitrogens with zero attached hydrogens (tertiary/aromatic N) is 3. The molecule has 114 valence electrons. The molecule has 2 N–H and O–H groups in total. The van der Waals surface area contributed by atoms with Gasteiger partial charge in [0.25, 0.3) is 5.69 Å². The van der Waals surface area contributed by atoms with Gasteiger partial charge in [0.05, 0.1) is 29.3 Å². The van der Waals surface area contributed by atoms with E-state index in [1.807, 2.05) is 0 Å². The van der Waals surface area contributed by atoms with Crippen LogP contribution in [-0.4, -0.2) is 50.8 Å². The fraction of sp³-hybridized carbons (Fsp3) is 0.462. The van der Waals surface area contributed by atoms with Crippen LogP contribution in [-0.2, 0) is 11.3 Å². The van der Waals surface area contributed by atoms with Crippen LogP contribution in [0, 0.1) is 10.1 Å². The fourth-order valence-electron chi connectivity index (χ4n) is 2.16. The van der Waals surface area contributed by atoms with Crippen molar-refractivity contribution in [3.8, 4) is 0 Å². The molecule has 1 heterocycles. The van der Waals surface area contributed by atoms with Crippen LogP contribution >= 0.6 is 0 Å². The lowest BCUT2D eigenvalue weighted by molar-refractivity contribution is -0.384. The number of fused-ring (bicyclic) bond motifs is 1. The highest BCUT2D eigenvalue weighted by Crippen LogP contribution is 2.21. The third-order valence-electron chi connectivity index (χ3n) is 3.38. The average molecular weight is 295 g/mol. The molecule has 0 saturated heterocycles. The molecule has 8 heteroatoms. The molecule has 1 unspecified atom stereocenters. The smallest absolute Gasteiger partial charge is 0.270 e. The van der Waals surface area contributed by atoms with Crippen LogP contribution in [0.1, 0.15) is 6.42 Å². The summed E-state index contributed by atoms with van der Waals surface area (Å²) in [6, 6.07) is 4.51. The third-order valence-corrected chi connectivity index (χ3v) is 3.38. The molecule has 1 aromatic carbocycles. The highest BCUT2D eigenvalue weighted by atomic mass is 16.6. The SMILES string of the molecule is CO[C@H](CO)C(O)CCn1ncc2cc([N+](=O)[O-])ccc21. The molecule has 0 aliphatic carbocycles. The lowest BCUT2D eigenvalue weighted by Gasteiger charge is -2.19. The van der Waals surface area contributed by atoms with Gasteiger partial charge in [-0.05, 0) is 12.5 Å².